The Morgan fingerprint density at radius 2 is 1.64 bits per heavy atom. The number of para-hydroxylation sites is 2. The Kier molecular flexibility index (Phi) is 6.31. The topological polar surface area (TPSA) is 99.7 Å². The highest BCUT2D eigenvalue weighted by Gasteiger charge is 2.20. The standard InChI is InChI=1S/C26H25N3O4/c1-16-8-4-5-9-18(16)15-32-19-12-13-20(21(30)14-19)24-25(17(2)28-26(27)29-24)33-23-11-7-6-10-22(23)31-3/h4-14,30H,15H2,1-3H3,(H2,27,28,29). The first-order valence-corrected chi connectivity index (χ1v) is 10.4. The molecule has 4 aromatic rings. The van der Waals surface area contributed by atoms with Crippen LogP contribution in [0, 0.1) is 13.8 Å². The predicted molar refractivity (Wildman–Crippen MR) is 127 cm³/mol. The third-order valence-corrected chi connectivity index (χ3v) is 5.21. The summed E-state index contributed by atoms with van der Waals surface area (Å²) in [6, 6.07) is 20.3. The van der Waals surface area contributed by atoms with Crippen molar-refractivity contribution in [2.45, 2.75) is 20.5 Å². The molecule has 168 valence electrons. The van der Waals surface area contributed by atoms with Gasteiger partial charge in [-0.2, -0.15) is 0 Å². The maximum Gasteiger partial charge on any atom is 0.221 e. The minimum Gasteiger partial charge on any atom is -0.507 e. The van der Waals surface area contributed by atoms with E-state index in [2.05, 4.69) is 9.97 Å². The molecule has 3 aromatic carbocycles. The molecule has 0 aliphatic rings. The Labute approximate surface area is 192 Å². The van der Waals surface area contributed by atoms with Crippen molar-refractivity contribution in [3.8, 4) is 40.0 Å². The van der Waals surface area contributed by atoms with Gasteiger partial charge < -0.3 is 25.1 Å². The first-order valence-electron chi connectivity index (χ1n) is 10.4. The minimum atomic E-state index is -0.0142. The van der Waals surface area contributed by atoms with Crippen LogP contribution in [0.15, 0.2) is 66.7 Å². The number of methoxy groups -OCH3 is 1. The fourth-order valence-corrected chi connectivity index (χ4v) is 3.44. The Bertz CT molecular complexity index is 1290. The molecular formula is C26H25N3O4. The molecule has 0 amide bonds. The second-order valence-electron chi connectivity index (χ2n) is 7.49. The molecule has 1 aromatic heterocycles. The lowest BCUT2D eigenvalue weighted by Gasteiger charge is -2.16. The number of phenolic OH excluding ortho intramolecular Hbond substituents is 1. The van der Waals surface area contributed by atoms with Crippen molar-refractivity contribution in [2.24, 2.45) is 0 Å². The third-order valence-electron chi connectivity index (χ3n) is 5.21. The molecule has 0 saturated carbocycles. The van der Waals surface area contributed by atoms with Gasteiger partial charge in [0.1, 0.15) is 23.8 Å². The lowest BCUT2D eigenvalue weighted by atomic mass is 10.1. The number of aromatic hydroxyl groups is 1. The lowest BCUT2D eigenvalue weighted by Crippen LogP contribution is -2.03. The molecule has 0 spiro atoms. The van der Waals surface area contributed by atoms with E-state index in [1.165, 1.54) is 0 Å². The van der Waals surface area contributed by atoms with Crippen LogP contribution in [-0.4, -0.2) is 22.2 Å². The zero-order valence-corrected chi connectivity index (χ0v) is 18.7. The van der Waals surface area contributed by atoms with Crippen molar-refractivity contribution in [1.82, 2.24) is 9.97 Å². The van der Waals surface area contributed by atoms with E-state index in [0.29, 0.717) is 46.6 Å². The second-order valence-corrected chi connectivity index (χ2v) is 7.49. The normalized spacial score (nSPS) is 10.6. The number of nitrogens with zero attached hydrogens (tertiary/aromatic N) is 2. The average molecular weight is 444 g/mol. The summed E-state index contributed by atoms with van der Waals surface area (Å²) >= 11 is 0. The van der Waals surface area contributed by atoms with Crippen molar-refractivity contribution < 1.29 is 19.3 Å². The molecule has 7 heteroatoms. The second kappa shape index (κ2) is 9.48. The van der Waals surface area contributed by atoms with Gasteiger partial charge in [-0.25, -0.2) is 9.97 Å². The van der Waals surface area contributed by atoms with Gasteiger partial charge in [0.15, 0.2) is 17.2 Å². The summed E-state index contributed by atoms with van der Waals surface area (Å²) in [7, 11) is 1.57. The quantitative estimate of drug-likeness (QED) is 0.393. The van der Waals surface area contributed by atoms with Crippen LogP contribution in [0.2, 0.25) is 0 Å². The van der Waals surface area contributed by atoms with Gasteiger partial charge in [0.05, 0.1) is 12.8 Å². The minimum absolute atomic E-state index is 0.0142. The Balaban J connectivity index is 1.66. The SMILES string of the molecule is COc1ccccc1Oc1c(C)nc(N)nc1-c1ccc(OCc2ccccc2C)cc1O. The van der Waals surface area contributed by atoms with Crippen LogP contribution in [0.25, 0.3) is 11.3 Å². The van der Waals surface area contributed by atoms with Crippen LogP contribution in [-0.2, 0) is 6.61 Å². The van der Waals surface area contributed by atoms with Crippen LogP contribution in [0.4, 0.5) is 5.95 Å². The van der Waals surface area contributed by atoms with Gasteiger partial charge >= 0.3 is 0 Å². The molecule has 33 heavy (non-hydrogen) atoms. The summed E-state index contributed by atoms with van der Waals surface area (Å²) in [6.45, 7) is 4.20. The molecule has 7 nitrogen and oxygen atoms in total. The van der Waals surface area contributed by atoms with E-state index in [1.807, 2.05) is 43.3 Å². The van der Waals surface area contributed by atoms with Crippen molar-refractivity contribution >= 4 is 5.95 Å². The summed E-state index contributed by atoms with van der Waals surface area (Å²) in [5, 5.41) is 10.8. The van der Waals surface area contributed by atoms with E-state index in [0.717, 1.165) is 11.1 Å². The van der Waals surface area contributed by atoms with E-state index < -0.39 is 0 Å². The van der Waals surface area contributed by atoms with Crippen LogP contribution in [0.1, 0.15) is 16.8 Å². The Morgan fingerprint density at radius 1 is 0.909 bits per heavy atom. The molecule has 0 aliphatic carbocycles. The summed E-state index contributed by atoms with van der Waals surface area (Å²) in [4.78, 5) is 8.58. The number of benzene rings is 3. The number of anilines is 1. The average Bonchev–Trinajstić information content (AvgIpc) is 2.80. The Morgan fingerprint density at radius 3 is 2.36 bits per heavy atom. The highest BCUT2D eigenvalue weighted by atomic mass is 16.5. The van der Waals surface area contributed by atoms with Crippen LogP contribution >= 0.6 is 0 Å². The van der Waals surface area contributed by atoms with E-state index in [9.17, 15) is 5.11 Å². The van der Waals surface area contributed by atoms with Gasteiger partial charge in [-0.05, 0) is 49.2 Å². The molecule has 0 bridgehead atoms. The zero-order valence-electron chi connectivity index (χ0n) is 18.7. The summed E-state index contributed by atoms with van der Waals surface area (Å²) in [5.41, 5.74) is 9.48. The zero-order chi connectivity index (χ0) is 23.4. The van der Waals surface area contributed by atoms with Gasteiger partial charge in [-0.1, -0.05) is 36.4 Å². The van der Waals surface area contributed by atoms with E-state index in [-0.39, 0.29) is 11.7 Å². The Hall–Kier alpha value is -4.26. The molecular weight excluding hydrogens is 418 g/mol. The van der Waals surface area contributed by atoms with E-state index in [1.54, 1.807) is 44.4 Å². The fourth-order valence-electron chi connectivity index (χ4n) is 3.44. The number of rotatable bonds is 7. The largest absolute Gasteiger partial charge is 0.507 e. The molecule has 0 radical (unpaired) electrons. The van der Waals surface area contributed by atoms with Crippen molar-refractivity contribution in [2.75, 3.05) is 12.8 Å². The first-order chi connectivity index (χ1) is 16.0. The molecule has 0 atom stereocenters. The molecule has 3 N–H and O–H groups in total. The third kappa shape index (κ3) is 4.82. The molecule has 0 unspecified atom stereocenters. The van der Waals surface area contributed by atoms with E-state index >= 15 is 0 Å². The molecule has 0 fully saturated rings. The summed E-state index contributed by atoms with van der Waals surface area (Å²) < 4.78 is 17.4. The van der Waals surface area contributed by atoms with Gasteiger partial charge in [-0.3, -0.25) is 0 Å². The number of phenols is 1. The van der Waals surface area contributed by atoms with Crippen LogP contribution < -0.4 is 19.9 Å². The van der Waals surface area contributed by atoms with Crippen molar-refractivity contribution in [3.05, 3.63) is 83.6 Å². The smallest absolute Gasteiger partial charge is 0.221 e. The highest BCUT2D eigenvalue weighted by Crippen LogP contribution is 2.41. The molecule has 0 saturated heterocycles. The molecule has 0 aliphatic heterocycles. The monoisotopic (exact) mass is 443 g/mol. The highest BCUT2D eigenvalue weighted by molar-refractivity contribution is 5.75. The number of aryl methyl sites for hydroxylation is 2. The van der Waals surface area contributed by atoms with Crippen molar-refractivity contribution in [3.63, 3.8) is 0 Å². The van der Waals surface area contributed by atoms with Gasteiger partial charge in [0.2, 0.25) is 5.95 Å². The molecule has 1 heterocycles. The fraction of sp³-hybridized carbons (Fsp3) is 0.154. The van der Waals surface area contributed by atoms with Gasteiger partial charge in [0.25, 0.3) is 0 Å². The number of nitrogens with two attached hydrogens (primary N) is 1. The maximum atomic E-state index is 10.8. The summed E-state index contributed by atoms with van der Waals surface area (Å²) in [5.74, 6) is 2.02. The number of aromatic nitrogens is 2. The predicted octanol–water partition coefficient (Wildman–Crippen LogP) is 5.43. The summed E-state index contributed by atoms with van der Waals surface area (Å²) in [6.07, 6.45) is 0. The maximum absolute atomic E-state index is 10.8. The van der Waals surface area contributed by atoms with Crippen molar-refractivity contribution in [1.29, 1.82) is 0 Å². The number of hydrogen-bond donors (Lipinski definition) is 2. The number of hydrogen-bond acceptors (Lipinski definition) is 7. The van der Waals surface area contributed by atoms with Gasteiger partial charge in [-0.15, -0.1) is 0 Å². The lowest BCUT2D eigenvalue weighted by molar-refractivity contribution is 0.303. The van der Waals surface area contributed by atoms with Crippen LogP contribution in [0.5, 0.6) is 28.7 Å². The first kappa shape index (κ1) is 22.0. The van der Waals surface area contributed by atoms with E-state index in [4.69, 9.17) is 19.9 Å². The van der Waals surface area contributed by atoms with Crippen LogP contribution in [0.3, 0.4) is 0 Å². The van der Waals surface area contributed by atoms with Gasteiger partial charge in [0, 0.05) is 11.6 Å². The number of nitrogen functional groups attached to an aromatic ring is 1. The molecule has 4 rings (SSSR count). The number of ether oxygens (including phenoxy) is 3.